The molecule has 0 heterocycles. The van der Waals surface area contributed by atoms with Gasteiger partial charge in [0.05, 0.1) is 21.1 Å². The predicted octanol–water partition coefficient (Wildman–Crippen LogP) is -4.37. The largest absolute Gasteiger partial charge is 1.00 e. The van der Waals surface area contributed by atoms with E-state index in [-0.39, 0.29) is 59.1 Å². The smallest absolute Gasteiger partial charge is 0.860 e. The summed E-state index contributed by atoms with van der Waals surface area (Å²) in [4.78, 5) is 0.919. The number of hydrazone groups is 2. The van der Waals surface area contributed by atoms with Crippen LogP contribution in [0.25, 0.3) is 0 Å². The molecule has 0 saturated carbocycles. The second-order valence-corrected chi connectivity index (χ2v) is 8.35. The molecule has 0 aliphatic heterocycles. The van der Waals surface area contributed by atoms with Crippen LogP contribution in [0.1, 0.15) is 61.8 Å². The number of nitrogens with zero attached hydrogens (tertiary/aromatic N) is 4. The van der Waals surface area contributed by atoms with Crippen molar-refractivity contribution < 1.29 is 69.3 Å². The molecule has 25 heavy (non-hydrogen) atoms. The first-order valence-electron chi connectivity index (χ1n) is 7.27. The summed E-state index contributed by atoms with van der Waals surface area (Å²) in [5, 5.41) is 34.7. The van der Waals surface area contributed by atoms with E-state index in [4.69, 9.17) is 24.4 Å². The van der Waals surface area contributed by atoms with Gasteiger partial charge in [0.1, 0.15) is 0 Å². The van der Waals surface area contributed by atoms with E-state index in [0.717, 1.165) is 0 Å². The third-order valence-electron chi connectivity index (χ3n) is 2.59. The Bertz CT molecular complexity index is 481. The van der Waals surface area contributed by atoms with Gasteiger partial charge in [-0.25, -0.2) is 0 Å². The third-order valence-corrected chi connectivity index (χ3v) is 2.94. The maximum atomic E-state index is 12.0. The van der Waals surface area contributed by atoms with Crippen LogP contribution < -0.4 is 69.3 Å². The van der Waals surface area contributed by atoms with Gasteiger partial charge in [0, 0.05) is 6.42 Å². The van der Waals surface area contributed by atoms with Crippen LogP contribution in [0, 0.1) is 0 Å². The van der Waals surface area contributed by atoms with Crippen LogP contribution in [0.2, 0.25) is 0 Å². The van der Waals surface area contributed by atoms with E-state index in [0.29, 0.717) is 9.98 Å². The van der Waals surface area contributed by atoms with Crippen molar-refractivity contribution in [2.45, 2.75) is 72.9 Å². The first kappa shape index (κ1) is 30.4. The molecule has 0 N–H and O–H groups in total. The summed E-state index contributed by atoms with van der Waals surface area (Å²) in [5.41, 5.74) is -0.881. The molecule has 0 rings (SSSR count). The molecule has 0 radical (unpaired) electrons. The molecular formula is C15H26N4Na2O2S2. The van der Waals surface area contributed by atoms with Crippen molar-refractivity contribution in [2.75, 3.05) is 0 Å². The Kier molecular flexibility index (Phi) is 14.9. The summed E-state index contributed by atoms with van der Waals surface area (Å²) in [6.45, 7) is 14.6. The van der Waals surface area contributed by atoms with Crippen LogP contribution >= 0.6 is 24.4 Å². The van der Waals surface area contributed by atoms with Gasteiger partial charge in [-0.3, -0.25) is 10.0 Å². The van der Waals surface area contributed by atoms with E-state index in [1.807, 2.05) is 41.5 Å². The summed E-state index contributed by atoms with van der Waals surface area (Å²) in [5.74, 6) is -1.18. The van der Waals surface area contributed by atoms with Gasteiger partial charge in [0.2, 0.25) is 0 Å². The molecule has 0 aliphatic carbocycles. The van der Waals surface area contributed by atoms with Crippen molar-refractivity contribution >= 4 is 46.2 Å². The van der Waals surface area contributed by atoms with Gasteiger partial charge in [-0.1, -0.05) is 24.4 Å². The van der Waals surface area contributed by atoms with E-state index >= 15 is 0 Å². The number of thiocarbonyl (C=S) groups is 2. The summed E-state index contributed by atoms with van der Waals surface area (Å²) in [6, 6.07) is 0. The summed E-state index contributed by atoms with van der Waals surface area (Å²) in [7, 11) is 0. The molecule has 0 aromatic carbocycles. The van der Waals surface area contributed by atoms with Crippen LogP contribution in [0.3, 0.4) is 0 Å². The second-order valence-electron chi connectivity index (χ2n) is 7.17. The number of rotatable bonds is 4. The monoisotopic (exact) mass is 404 g/mol. The summed E-state index contributed by atoms with van der Waals surface area (Å²) >= 11 is 10.2. The van der Waals surface area contributed by atoms with Gasteiger partial charge >= 0.3 is 59.1 Å². The van der Waals surface area contributed by atoms with Gasteiger partial charge in [-0.05, 0) is 67.2 Å². The Labute approximate surface area is 206 Å². The van der Waals surface area contributed by atoms with Crippen molar-refractivity contribution in [1.29, 1.82) is 0 Å². The normalized spacial score (nSPS) is 12.6. The van der Waals surface area contributed by atoms with Crippen LogP contribution in [0.5, 0.6) is 0 Å². The number of hydrogen-bond acceptors (Lipinski definition) is 6. The maximum absolute atomic E-state index is 12.0. The molecule has 0 aromatic heterocycles. The first-order valence-corrected chi connectivity index (χ1v) is 8.08. The summed E-state index contributed by atoms with van der Waals surface area (Å²) < 4.78 is 0. The van der Waals surface area contributed by atoms with Gasteiger partial charge in [-0.2, -0.15) is 10.2 Å². The zero-order valence-corrected chi connectivity index (χ0v) is 22.8. The standard InChI is InChI=1S/C15H28N4O2S2.2Na/c1-10(22)18(14(3,4)5)16-12(20)9-13(21)17-19(11(2)23)15(6,7)8;;/h9H2,1-8H3,(H,16,20)(H,17,21);;/q;2*+1/p-2. The molecule has 0 amide bonds. The molecule has 10 heteroatoms. The fourth-order valence-electron chi connectivity index (χ4n) is 1.81. The minimum Gasteiger partial charge on any atom is -0.860 e. The fraction of sp³-hybridized carbons (Fsp3) is 0.733. The maximum Gasteiger partial charge on any atom is 1.00 e. The van der Waals surface area contributed by atoms with Gasteiger partial charge in [0.25, 0.3) is 0 Å². The molecule has 0 saturated heterocycles. The van der Waals surface area contributed by atoms with Crippen molar-refractivity contribution in [3.63, 3.8) is 0 Å². The molecule has 0 aliphatic rings. The van der Waals surface area contributed by atoms with Crippen molar-refractivity contribution in [3.8, 4) is 0 Å². The molecule has 0 unspecified atom stereocenters. The van der Waals surface area contributed by atoms with E-state index in [2.05, 4.69) is 10.2 Å². The Morgan fingerprint density at radius 2 is 1.00 bits per heavy atom. The van der Waals surface area contributed by atoms with Crippen molar-refractivity contribution in [1.82, 2.24) is 10.0 Å². The van der Waals surface area contributed by atoms with E-state index in [9.17, 15) is 10.2 Å². The Morgan fingerprint density at radius 3 is 1.16 bits per heavy atom. The molecule has 0 spiro atoms. The quantitative estimate of drug-likeness (QED) is 0.155. The molecule has 132 valence electrons. The Balaban J connectivity index is -0.00000242. The summed E-state index contributed by atoms with van der Waals surface area (Å²) in [6.07, 6.45) is -0.426. The Hall–Kier alpha value is 0.720. The Morgan fingerprint density at radius 1 is 0.760 bits per heavy atom. The van der Waals surface area contributed by atoms with Gasteiger partial charge in [-0.15, -0.1) is 0 Å². The minimum atomic E-state index is -0.589. The van der Waals surface area contributed by atoms with Crippen LogP contribution in [0.4, 0.5) is 0 Å². The minimum absolute atomic E-state index is 0. The molecular weight excluding hydrogens is 378 g/mol. The van der Waals surface area contributed by atoms with Gasteiger partial charge in [0.15, 0.2) is 0 Å². The zero-order valence-electron chi connectivity index (χ0n) is 17.1. The first-order chi connectivity index (χ1) is 10.2. The second kappa shape index (κ2) is 12.2. The van der Waals surface area contributed by atoms with E-state index in [1.165, 1.54) is 10.0 Å². The SMILES string of the molecule is CC(=S)N(/N=C(\[O-])C/C([O-])=N/N(C(C)=S)C(C)(C)C)C(C)(C)C.[Na+].[Na+]. The zero-order chi connectivity index (χ0) is 18.6. The molecule has 6 nitrogen and oxygen atoms in total. The van der Waals surface area contributed by atoms with Crippen molar-refractivity contribution in [2.24, 2.45) is 10.2 Å². The molecule has 0 fully saturated rings. The van der Waals surface area contributed by atoms with Crippen molar-refractivity contribution in [3.05, 3.63) is 0 Å². The van der Waals surface area contributed by atoms with Crippen LogP contribution in [-0.4, -0.2) is 42.9 Å². The topological polar surface area (TPSA) is 77.3 Å². The molecule has 0 aromatic rings. The fourth-order valence-corrected chi connectivity index (χ4v) is 2.44. The van der Waals surface area contributed by atoms with E-state index in [1.54, 1.807) is 13.8 Å². The number of hydrogen-bond donors (Lipinski definition) is 0. The molecule has 0 atom stereocenters. The van der Waals surface area contributed by atoms with E-state index < -0.39 is 29.3 Å². The average Bonchev–Trinajstić information content (AvgIpc) is 2.29. The van der Waals surface area contributed by atoms with Gasteiger partial charge < -0.3 is 10.2 Å². The molecule has 0 bridgehead atoms. The van der Waals surface area contributed by atoms with Crippen LogP contribution in [0.15, 0.2) is 10.2 Å². The average molecular weight is 405 g/mol. The predicted molar refractivity (Wildman–Crippen MR) is 99.2 cm³/mol. The third kappa shape index (κ3) is 11.9. The van der Waals surface area contributed by atoms with Crippen LogP contribution in [-0.2, 0) is 0 Å².